The molecule has 1 saturated heterocycles. The van der Waals surface area contributed by atoms with E-state index in [0.717, 1.165) is 31.5 Å². The quantitative estimate of drug-likeness (QED) is 0.678. The summed E-state index contributed by atoms with van der Waals surface area (Å²) >= 11 is 0. The van der Waals surface area contributed by atoms with Gasteiger partial charge in [-0.3, -0.25) is 4.55 Å². The maximum Gasteiger partial charge on any atom is 0.409 e. The van der Waals surface area contributed by atoms with Crippen molar-refractivity contribution in [2.75, 3.05) is 33.3 Å². The number of aryl methyl sites for hydroxylation is 1. The molecule has 1 heterocycles. The lowest BCUT2D eigenvalue weighted by Crippen LogP contribution is -2.48. The van der Waals surface area contributed by atoms with Crippen molar-refractivity contribution in [2.45, 2.75) is 37.0 Å². The molecule has 170 valence electrons. The van der Waals surface area contributed by atoms with Crippen LogP contribution in [0.4, 0.5) is 4.79 Å². The minimum Gasteiger partial charge on any atom is -0.450 e. The number of amides is 1. The zero-order valence-corrected chi connectivity index (χ0v) is 19.2. The molecule has 0 spiro atoms. The molecule has 2 aromatic carbocycles. The summed E-state index contributed by atoms with van der Waals surface area (Å²) in [6.45, 7) is 6.79. The van der Waals surface area contributed by atoms with E-state index < -0.39 is 10.1 Å². The third-order valence-corrected chi connectivity index (χ3v) is 6.25. The van der Waals surface area contributed by atoms with Crippen LogP contribution in [0.1, 0.15) is 30.9 Å². The molecule has 3 rings (SSSR count). The normalized spacial score (nSPS) is 15.4. The molecule has 0 bridgehead atoms. The van der Waals surface area contributed by atoms with E-state index in [2.05, 4.69) is 29.6 Å². The van der Waals surface area contributed by atoms with E-state index in [4.69, 9.17) is 9.29 Å². The molecule has 0 aromatic heterocycles. The van der Waals surface area contributed by atoms with Crippen LogP contribution in [0.5, 0.6) is 0 Å². The van der Waals surface area contributed by atoms with Crippen LogP contribution in [0.15, 0.2) is 59.5 Å². The number of hydrogen-bond acceptors (Lipinski definition) is 5. The fourth-order valence-electron chi connectivity index (χ4n) is 3.70. The zero-order valence-electron chi connectivity index (χ0n) is 18.4. The number of rotatable bonds is 5. The zero-order chi connectivity index (χ0) is 22.9. The second kappa shape index (κ2) is 11.3. The minimum atomic E-state index is -4.02. The molecule has 0 aliphatic carbocycles. The molecule has 1 amide bonds. The number of nitrogens with one attached hydrogen (secondary N) is 1. The van der Waals surface area contributed by atoms with Gasteiger partial charge >= 0.3 is 6.09 Å². The Morgan fingerprint density at radius 1 is 1.10 bits per heavy atom. The van der Waals surface area contributed by atoms with Crippen molar-refractivity contribution in [3.05, 3.63) is 65.7 Å². The first-order valence-corrected chi connectivity index (χ1v) is 11.8. The van der Waals surface area contributed by atoms with Gasteiger partial charge in [-0.15, -0.1) is 0 Å². The maximum absolute atomic E-state index is 11.9. The van der Waals surface area contributed by atoms with Crippen molar-refractivity contribution < 1.29 is 22.5 Å². The Kier molecular flexibility index (Phi) is 9.03. The van der Waals surface area contributed by atoms with Crippen molar-refractivity contribution in [1.29, 1.82) is 0 Å². The summed E-state index contributed by atoms with van der Waals surface area (Å²) in [7, 11) is -2.20. The van der Waals surface area contributed by atoms with Crippen LogP contribution >= 0.6 is 0 Å². The summed E-state index contributed by atoms with van der Waals surface area (Å²) < 4.78 is 34.6. The average Bonchev–Trinajstić information content (AvgIpc) is 2.75. The third-order valence-electron chi connectivity index (χ3n) is 5.38. The van der Waals surface area contributed by atoms with Gasteiger partial charge in [0.25, 0.3) is 10.1 Å². The molecule has 2 N–H and O–H groups in total. The smallest absolute Gasteiger partial charge is 0.409 e. The molecule has 2 aromatic rings. The topological polar surface area (TPSA) is 95.9 Å². The van der Waals surface area contributed by atoms with Crippen molar-refractivity contribution >= 4 is 16.2 Å². The van der Waals surface area contributed by atoms with Crippen LogP contribution in [0.2, 0.25) is 0 Å². The number of nitrogens with zero attached hydrogens (tertiary/aromatic N) is 1. The van der Waals surface area contributed by atoms with E-state index >= 15 is 0 Å². The first-order valence-electron chi connectivity index (χ1n) is 10.4. The van der Waals surface area contributed by atoms with E-state index in [1.54, 1.807) is 17.0 Å². The van der Waals surface area contributed by atoms with Gasteiger partial charge < -0.3 is 15.0 Å². The Balaban J connectivity index is 0.000000262. The lowest BCUT2D eigenvalue weighted by molar-refractivity contribution is 0.102. The van der Waals surface area contributed by atoms with Gasteiger partial charge in [-0.05, 0) is 57.5 Å². The molecule has 0 saturated carbocycles. The number of piperidine rings is 1. The first kappa shape index (κ1) is 24.8. The van der Waals surface area contributed by atoms with Crippen LogP contribution in [-0.4, -0.2) is 57.3 Å². The number of ether oxygens (including phenoxy) is 1. The minimum absolute atomic E-state index is 0.0357. The molecule has 0 unspecified atom stereocenters. The Morgan fingerprint density at radius 3 is 2.19 bits per heavy atom. The summed E-state index contributed by atoms with van der Waals surface area (Å²) in [5.41, 5.74) is 2.31. The maximum atomic E-state index is 11.9. The molecule has 1 fully saturated rings. The summed E-state index contributed by atoms with van der Waals surface area (Å²) in [5, 5.41) is 3.40. The highest BCUT2D eigenvalue weighted by Gasteiger charge is 2.36. The van der Waals surface area contributed by atoms with Crippen LogP contribution in [0.3, 0.4) is 0 Å². The first-order chi connectivity index (χ1) is 14.7. The largest absolute Gasteiger partial charge is 0.450 e. The lowest BCUT2D eigenvalue weighted by Gasteiger charge is -2.40. The molecule has 31 heavy (non-hydrogen) atoms. The highest BCUT2D eigenvalue weighted by atomic mass is 32.2. The van der Waals surface area contributed by atoms with E-state index in [1.807, 2.05) is 27.0 Å². The second-order valence-electron chi connectivity index (χ2n) is 7.74. The summed E-state index contributed by atoms with van der Waals surface area (Å²) in [4.78, 5) is 13.5. The van der Waals surface area contributed by atoms with Crippen molar-refractivity contribution in [3.63, 3.8) is 0 Å². The average molecular weight is 449 g/mol. The SMILES string of the molecule is CCOC(=O)N(C)CC1(c2ccccc2)CCNCC1.Cc1ccc(S(=O)(=O)O)cc1. The Hall–Kier alpha value is -2.42. The van der Waals surface area contributed by atoms with Crippen molar-refractivity contribution in [1.82, 2.24) is 10.2 Å². The molecule has 8 heteroatoms. The molecule has 1 aliphatic rings. The van der Waals surface area contributed by atoms with E-state index in [1.165, 1.54) is 17.7 Å². The van der Waals surface area contributed by atoms with Gasteiger partial charge in [-0.25, -0.2) is 4.79 Å². The number of likely N-dealkylation sites (N-methyl/N-ethyl adjacent to an activating group) is 1. The second-order valence-corrected chi connectivity index (χ2v) is 9.16. The van der Waals surface area contributed by atoms with E-state index in [0.29, 0.717) is 13.2 Å². The van der Waals surface area contributed by atoms with Crippen molar-refractivity contribution in [2.24, 2.45) is 0 Å². The number of benzene rings is 2. The number of carbonyl (C=O) groups is 1. The molecule has 7 nitrogen and oxygen atoms in total. The van der Waals surface area contributed by atoms with Crippen LogP contribution < -0.4 is 5.32 Å². The Morgan fingerprint density at radius 2 is 1.68 bits per heavy atom. The monoisotopic (exact) mass is 448 g/mol. The predicted molar refractivity (Wildman–Crippen MR) is 121 cm³/mol. The molecule has 0 atom stereocenters. The van der Waals surface area contributed by atoms with E-state index in [9.17, 15) is 13.2 Å². The molecule has 0 radical (unpaired) electrons. The summed E-state index contributed by atoms with van der Waals surface area (Å²) in [6.07, 6.45) is 1.85. The highest BCUT2D eigenvalue weighted by molar-refractivity contribution is 7.85. The molecular formula is C23H32N2O5S. The summed E-state index contributed by atoms with van der Waals surface area (Å²) in [5.74, 6) is 0. The van der Waals surface area contributed by atoms with Gasteiger partial charge in [0.15, 0.2) is 0 Å². The Labute approximate surface area is 185 Å². The summed E-state index contributed by atoms with van der Waals surface area (Å²) in [6, 6.07) is 16.5. The van der Waals surface area contributed by atoms with Crippen LogP contribution in [-0.2, 0) is 20.3 Å². The van der Waals surface area contributed by atoms with Crippen molar-refractivity contribution in [3.8, 4) is 0 Å². The number of hydrogen-bond donors (Lipinski definition) is 2. The fraction of sp³-hybridized carbons (Fsp3) is 0.435. The molecule has 1 aliphatic heterocycles. The fourth-order valence-corrected chi connectivity index (χ4v) is 4.18. The Bertz CT molecular complexity index is 924. The van der Waals surface area contributed by atoms with Gasteiger partial charge in [-0.2, -0.15) is 8.42 Å². The van der Waals surface area contributed by atoms with E-state index in [-0.39, 0.29) is 16.4 Å². The predicted octanol–water partition coefficient (Wildman–Crippen LogP) is 3.64. The van der Waals surface area contributed by atoms with Gasteiger partial charge in [0, 0.05) is 19.0 Å². The van der Waals surface area contributed by atoms with Crippen LogP contribution in [0.25, 0.3) is 0 Å². The van der Waals surface area contributed by atoms with Gasteiger partial charge in [0.2, 0.25) is 0 Å². The van der Waals surface area contributed by atoms with Gasteiger partial charge in [-0.1, -0.05) is 48.0 Å². The highest BCUT2D eigenvalue weighted by Crippen LogP contribution is 2.34. The van der Waals surface area contributed by atoms with Crippen LogP contribution in [0, 0.1) is 6.92 Å². The van der Waals surface area contributed by atoms with Gasteiger partial charge in [0.1, 0.15) is 0 Å². The number of carbonyl (C=O) groups excluding carboxylic acids is 1. The lowest BCUT2D eigenvalue weighted by atomic mass is 9.73. The standard InChI is InChI=1S/C16H24N2O2.C7H8O3S/c1-3-20-15(19)18(2)13-16(9-11-17-12-10-16)14-7-5-4-6-8-14;1-6-2-4-7(5-3-6)11(8,9)10/h4-8,17H,3,9-13H2,1-2H3;2-5H,1H3,(H,8,9,10). The van der Waals surface area contributed by atoms with Gasteiger partial charge in [0.05, 0.1) is 11.5 Å². The molecular weight excluding hydrogens is 416 g/mol. The third kappa shape index (κ3) is 7.34.